The molecular weight excluding hydrogens is 493 g/mol. The summed E-state index contributed by atoms with van der Waals surface area (Å²) >= 11 is 12.7. The SMILES string of the molecule is COc1ccc(C=NC2(c3nnnn3C(=Cc3ccc(Cl)cc3Cl)CC(C)(C)C)CCCCC2)cc1. The average Bonchev–Trinajstić information content (AvgIpc) is 3.35. The van der Waals surface area contributed by atoms with E-state index in [0.29, 0.717) is 10.0 Å². The predicted octanol–water partition coefficient (Wildman–Crippen LogP) is 7.70. The second kappa shape index (κ2) is 11.1. The summed E-state index contributed by atoms with van der Waals surface area (Å²) in [5.74, 6) is 1.59. The highest BCUT2D eigenvalue weighted by Gasteiger charge is 2.39. The van der Waals surface area contributed by atoms with Crippen LogP contribution in [0.4, 0.5) is 0 Å². The predicted molar refractivity (Wildman–Crippen MR) is 148 cm³/mol. The van der Waals surface area contributed by atoms with Crippen LogP contribution in [-0.4, -0.2) is 33.5 Å². The van der Waals surface area contributed by atoms with Crippen LogP contribution in [0.1, 0.15) is 76.2 Å². The molecular formula is C28H33Cl2N5O. The number of benzene rings is 2. The van der Waals surface area contributed by atoms with Gasteiger partial charge in [0.15, 0.2) is 5.82 Å². The minimum atomic E-state index is -0.498. The van der Waals surface area contributed by atoms with E-state index >= 15 is 0 Å². The second-order valence-electron chi connectivity index (χ2n) is 10.6. The number of methoxy groups -OCH3 is 1. The number of ether oxygens (including phenoxy) is 1. The first-order chi connectivity index (χ1) is 17.2. The molecule has 6 nitrogen and oxygen atoms in total. The van der Waals surface area contributed by atoms with E-state index in [1.54, 1.807) is 13.2 Å². The van der Waals surface area contributed by atoms with Crippen LogP contribution in [0.15, 0.2) is 47.5 Å². The Morgan fingerprint density at radius 1 is 1.08 bits per heavy atom. The van der Waals surface area contributed by atoms with Gasteiger partial charge in [0.25, 0.3) is 0 Å². The summed E-state index contributed by atoms with van der Waals surface area (Å²) in [7, 11) is 1.67. The molecule has 1 heterocycles. The number of hydrogen-bond donors (Lipinski definition) is 0. The van der Waals surface area contributed by atoms with Crippen molar-refractivity contribution in [2.75, 3.05) is 7.11 Å². The van der Waals surface area contributed by atoms with Crippen molar-refractivity contribution in [3.8, 4) is 5.75 Å². The topological polar surface area (TPSA) is 65.2 Å². The van der Waals surface area contributed by atoms with Crippen LogP contribution in [0, 0.1) is 5.41 Å². The summed E-state index contributed by atoms with van der Waals surface area (Å²) in [4.78, 5) is 5.16. The number of halogens is 2. The number of tetrazole rings is 1. The molecule has 8 heteroatoms. The molecule has 0 aliphatic heterocycles. The summed E-state index contributed by atoms with van der Waals surface area (Å²) in [6, 6.07) is 13.4. The van der Waals surface area contributed by atoms with Gasteiger partial charge in [0.2, 0.25) is 0 Å². The van der Waals surface area contributed by atoms with Crippen molar-refractivity contribution in [2.45, 2.75) is 64.8 Å². The summed E-state index contributed by atoms with van der Waals surface area (Å²) < 4.78 is 7.17. The maximum absolute atomic E-state index is 6.54. The van der Waals surface area contributed by atoms with Gasteiger partial charge in [-0.05, 0) is 88.7 Å². The van der Waals surface area contributed by atoms with Gasteiger partial charge in [-0.1, -0.05) is 69.3 Å². The van der Waals surface area contributed by atoms with Crippen molar-refractivity contribution in [1.29, 1.82) is 0 Å². The Bertz CT molecular complexity index is 1240. The van der Waals surface area contributed by atoms with Gasteiger partial charge in [0.1, 0.15) is 11.3 Å². The highest BCUT2D eigenvalue weighted by Crippen LogP contribution is 2.41. The van der Waals surface area contributed by atoms with Gasteiger partial charge in [-0.2, -0.15) is 4.68 Å². The lowest BCUT2D eigenvalue weighted by Gasteiger charge is -2.33. The fourth-order valence-corrected chi connectivity index (χ4v) is 5.10. The van der Waals surface area contributed by atoms with Gasteiger partial charge >= 0.3 is 0 Å². The fraction of sp³-hybridized carbons (Fsp3) is 0.429. The summed E-state index contributed by atoms with van der Waals surface area (Å²) in [6.45, 7) is 6.60. The molecule has 0 bridgehead atoms. The molecule has 190 valence electrons. The van der Waals surface area contributed by atoms with Gasteiger partial charge in [-0.3, -0.25) is 4.99 Å². The average molecular weight is 527 g/mol. The fourth-order valence-electron chi connectivity index (χ4n) is 4.63. The first-order valence-electron chi connectivity index (χ1n) is 12.3. The molecule has 0 radical (unpaired) electrons. The Balaban J connectivity index is 1.78. The molecule has 0 unspecified atom stereocenters. The number of rotatable bonds is 7. The van der Waals surface area contributed by atoms with E-state index in [2.05, 4.69) is 42.4 Å². The van der Waals surface area contributed by atoms with Crippen molar-refractivity contribution in [2.24, 2.45) is 10.4 Å². The molecule has 1 fully saturated rings. The van der Waals surface area contributed by atoms with Crippen LogP contribution in [0.2, 0.25) is 10.0 Å². The first-order valence-corrected chi connectivity index (χ1v) is 13.1. The highest BCUT2D eigenvalue weighted by atomic mass is 35.5. The zero-order valence-corrected chi connectivity index (χ0v) is 22.9. The van der Waals surface area contributed by atoms with Crippen molar-refractivity contribution < 1.29 is 4.74 Å². The molecule has 3 aromatic rings. The minimum Gasteiger partial charge on any atom is -0.497 e. The zero-order valence-electron chi connectivity index (χ0n) is 21.3. The Hall–Kier alpha value is -2.70. The van der Waals surface area contributed by atoms with Crippen LogP contribution in [0.25, 0.3) is 11.8 Å². The number of nitrogens with zero attached hydrogens (tertiary/aromatic N) is 5. The van der Waals surface area contributed by atoms with E-state index in [0.717, 1.165) is 60.5 Å². The van der Waals surface area contributed by atoms with Crippen molar-refractivity contribution in [1.82, 2.24) is 20.2 Å². The molecule has 1 aliphatic rings. The third kappa shape index (κ3) is 6.34. The van der Waals surface area contributed by atoms with E-state index < -0.39 is 5.54 Å². The monoisotopic (exact) mass is 525 g/mol. The smallest absolute Gasteiger partial charge is 0.183 e. The van der Waals surface area contributed by atoms with Crippen LogP contribution in [0.3, 0.4) is 0 Å². The number of hydrogen-bond acceptors (Lipinski definition) is 5. The first kappa shape index (κ1) is 26.4. The zero-order chi connectivity index (χ0) is 25.8. The molecule has 0 N–H and O–H groups in total. The van der Waals surface area contributed by atoms with Gasteiger partial charge in [-0.15, -0.1) is 5.10 Å². The largest absolute Gasteiger partial charge is 0.497 e. The lowest BCUT2D eigenvalue weighted by atomic mass is 9.81. The molecule has 4 rings (SSSR count). The van der Waals surface area contributed by atoms with Crippen molar-refractivity contribution >= 4 is 41.2 Å². The maximum Gasteiger partial charge on any atom is 0.183 e. The quantitative estimate of drug-likeness (QED) is 0.296. The van der Waals surface area contributed by atoms with Gasteiger partial charge in [0.05, 0.1) is 7.11 Å². The summed E-state index contributed by atoms with van der Waals surface area (Å²) in [5, 5.41) is 14.3. The molecule has 2 aromatic carbocycles. The van der Waals surface area contributed by atoms with E-state index in [1.165, 1.54) is 6.42 Å². The Kier molecular flexibility index (Phi) is 8.16. The van der Waals surface area contributed by atoms with Crippen LogP contribution < -0.4 is 4.74 Å². The molecule has 0 atom stereocenters. The molecule has 0 saturated heterocycles. The third-order valence-corrected chi connectivity index (χ3v) is 6.97. The van der Waals surface area contributed by atoms with Crippen molar-refractivity contribution in [3.63, 3.8) is 0 Å². The lowest BCUT2D eigenvalue weighted by Crippen LogP contribution is -2.31. The molecule has 0 spiro atoms. The van der Waals surface area contributed by atoms with Crippen LogP contribution >= 0.6 is 23.2 Å². The number of aromatic nitrogens is 4. The third-order valence-electron chi connectivity index (χ3n) is 6.41. The molecule has 1 aromatic heterocycles. The Morgan fingerprint density at radius 3 is 2.44 bits per heavy atom. The molecule has 36 heavy (non-hydrogen) atoms. The Morgan fingerprint density at radius 2 is 1.81 bits per heavy atom. The Labute approximate surface area is 223 Å². The van der Waals surface area contributed by atoms with Crippen LogP contribution in [0.5, 0.6) is 5.75 Å². The van der Waals surface area contributed by atoms with E-state index in [-0.39, 0.29) is 5.41 Å². The maximum atomic E-state index is 6.54. The standard InChI is InChI=1S/C28H33Cl2N5O/c1-27(2,3)18-23(16-21-10-11-22(29)17-25(21)30)35-26(32-33-34-35)28(14-6-5-7-15-28)31-19-20-8-12-24(36-4)13-9-20/h8-13,16-17,19H,5-7,14-15,18H2,1-4H3. The molecule has 1 aliphatic carbocycles. The van der Waals surface area contributed by atoms with Gasteiger partial charge < -0.3 is 4.74 Å². The highest BCUT2D eigenvalue weighted by molar-refractivity contribution is 6.35. The van der Waals surface area contributed by atoms with E-state index in [9.17, 15) is 0 Å². The lowest BCUT2D eigenvalue weighted by molar-refractivity contribution is 0.285. The minimum absolute atomic E-state index is 0.0000453. The van der Waals surface area contributed by atoms with Crippen LogP contribution in [-0.2, 0) is 5.54 Å². The van der Waals surface area contributed by atoms with Gasteiger partial charge in [0, 0.05) is 22.0 Å². The van der Waals surface area contributed by atoms with E-state index in [1.807, 2.05) is 47.3 Å². The number of allylic oxidation sites excluding steroid dienone is 1. The normalized spacial score (nSPS) is 16.4. The second-order valence-corrected chi connectivity index (χ2v) is 11.4. The van der Waals surface area contributed by atoms with Gasteiger partial charge in [-0.25, -0.2) is 0 Å². The van der Waals surface area contributed by atoms with E-state index in [4.69, 9.17) is 32.9 Å². The molecule has 1 saturated carbocycles. The summed E-state index contributed by atoms with van der Waals surface area (Å²) in [6.07, 6.45) is 9.88. The van der Waals surface area contributed by atoms with Crippen molar-refractivity contribution in [3.05, 3.63) is 69.5 Å². The summed E-state index contributed by atoms with van der Waals surface area (Å²) in [5.41, 5.74) is 2.36. The molecule has 0 amide bonds. The number of aliphatic imine (C=N–C) groups is 1.